The molecule has 1 aliphatic rings. The Labute approximate surface area is 213 Å². The first kappa shape index (κ1) is 26.5. The monoisotopic (exact) mass is 556 g/mol. The molecule has 0 amide bonds. The van der Waals surface area contributed by atoms with Crippen LogP contribution < -0.4 is 5.73 Å². The molecule has 37 heavy (non-hydrogen) atoms. The number of hydrogen-bond donors (Lipinski definition) is 1. The maximum absolute atomic E-state index is 14.6. The maximum atomic E-state index is 14.6. The minimum atomic E-state index is -5.63. The molecule has 3 aromatic rings. The molecule has 0 saturated carbocycles. The minimum absolute atomic E-state index is 0.00660. The summed E-state index contributed by atoms with van der Waals surface area (Å²) in [5, 5.41) is 18.5. The van der Waals surface area contributed by atoms with Crippen molar-refractivity contribution >= 4 is 46.3 Å². The summed E-state index contributed by atoms with van der Waals surface area (Å²) in [5.74, 6) is -15.9. The van der Waals surface area contributed by atoms with Gasteiger partial charge in [0.15, 0.2) is 0 Å². The number of hydrogen-bond acceptors (Lipinski definition) is 7. The first-order chi connectivity index (χ1) is 17.3. The zero-order valence-corrected chi connectivity index (χ0v) is 19.9. The van der Waals surface area contributed by atoms with Crippen molar-refractivity contribution in [1.29, 1.82) is 0 Å². The van der Waals surface area contributed by atoms with Crippen molar-refractivity contribution in [3.05, 3.63) is 92.7 Å². The van der Waals surface area contributed by atoms with Gasteiger partial charge in [0.2, 0.25) is 0 Å². The average molecular weight is 557 g/mol. The zero-order chi connectivity index (χ0) is 27.0. The number of nitrogen functional groups attached to an aromatic ring is 1. The summed E-state index contributed by atoms with van der Waals surface area (Å²) in [6, 6.07) is 15.5. The molecule has 14 heteroatoms. The van der Waals surface area contributed by atoms with Gasteiger partial charge in [-0.15, -0.1) is 0 Å². The highest BCUT2D eigenvalue weighted by Gasteiger charge is 2.80. The minimum Gasteiger partial charge on any atom is -0.399 e. The molecule has 0 bridgehead atoms. The standard InChI is InChI=1S/C23H14F6N4O2S2/c24-21(25)19(36-17-9-1-13(30)2-10-17)20(22(26,27)23(21,28)29)37-18-11-5-15(6-12-18)32-31-14-3-7-16(8-4-14)33(34)35/h1-12H,30H2. The summed E-state index contributed by atoms with van der Waals surface area (Å²) in [4.78, 5) is 7.25. The Morgan fingerprint density at radius 2 is 1.05 bits per heavy atom. The number of nitro groups is 1. The van der Waals surface area contributed by atoms with E-state index in [0.29, 0.717) is 5.69 Å². The third kappa shape index (κ3) is 5.03. The first-order valence-electron chi connectivity index (χ1n) is 10.2. The number of benzene rings is 3. The van der Waals surface area contributed by atoms with E-state index in [1.807, 2.05) is 0 Å². The number of rotatable bonds is 7. The van der Waals surface area contributed by atoms with E-state index >= 15 is 0 Å². The lowest BCUT2D eigenvalue weighted by Crippen LogP contribution is -2.48. The quantitative estimate of drug-likeness (QED) is 0.103. The van der Waals surface area contributed by atoms with Crippen LogP contribution in [-0.2, 0) is 0 Å². The molecule has 0 aliphatic heterocycles. The fourth-order valence-electron chi connectivity index (χ4n) is 3.10. The summed E-state index contributed by atoms with van der Waals surface area (Å²) < 4.78 is 86.9. The van der Waals surface area contributed by atoms with Gasteiger partial charge in [0.25, 0.3) is 5.69 Å². The van der Waals surface area contributed by atoms with E-state index in [0.717, 1.165) is 0 Å². The first-order valence-corrected chi connectivity index (χ1v) is 11.8. The predicted molar refractivity (Wildman–Crippen MR) is 128 cm³/mol. The van der Waals surface area contributed by atoms with Crippen LogP contribution in [0, 0.1) is 10.1 Å². The van der Waals surface area contributed by atoms with E-state index in [1.54, 1.807) is 0 Å². The molecule has 192 valence electrons. The molecule has 0 fully saturated rings. The second-order valence-corrected chi connectivity index (χ2v) is 9.79. The SMILES string of the molecule is Nc1ccc(SC2=C(Sc3ccc(N=Nc4ccc([N+](=O)[O-])cc4)cc3)C(F)(F)C(F)(F)C2(F)F)cc1. The number of nitrogens with zero attached hydrogens (tertiary/aromatic N) is 3. The third-order valence-electron chi connectivity index (χ3n) is 5.06. The number of nitro benzene ring substituents is 1. The number of halogens is 6. The second-order valence-electron chi connectivity index (χ2n) is 7.62. The molecule has 0 saturated heterocycles. The molecule has 0 unspecified atom stereocenters. The van der Waals surface area contributed by atoms with Crippen LogP contribution in [-0.4, -0.2) is 22.7 Å². The lowest BCUT2D eigenvalue weighted by molar-refractivity contribution is -0.384. The van der Waals surface area contributed by atoms with Gasteiger partial charge in [-0.05, 0) is 60.7 Å². The van der Waals surface area contributed by atoms with Gasteiger partial charge in [-0.2, -0.15) is 36.6 Å². The molecule has 0 spiro atoms. The van der Waals surface area contributed by atoms with Gasteiger partial charge in [0.1, 0.15) is 0 Å². The Morgan fingerprint density at radius 3 is 1.46 bits per heavy atom. The van der Waals surface area contributed by atoms with Gasteiger partial charge in [-0.1, -0.05) is 23.5 Å². The highest BCUT2D eigenvalue weighted by molar-refractivity contribution is 8.07. The zero-order valence-electron chi connectivity index (χ0n) is 18.2. The molecule has 4 rings (SSSR count). The molecule has 3 aromatic carbocycles. The van der Waals surface area contributed by atoms with Crippen LogP contribution >= 0.6 is 23.5 Å². The topological polar surface area (TPSA) is 93.9 Å². The van der Waals surface area contributed by atoms with Crippen molar-refractivity contribution in [2.45, 2.75) is 27.6 Å². The summed E-state index contributed by atoms with van der Waals surface area (Å²) in [6.45, 7) is 0. The Hall–Kier alpha value is -3.52. The number of allylic oxidation sites excluding steroid dienone is 2. The van der Waals surface area contributed by atoms with Crippen molar-refractivity contribution in [2.24, 2.45) is 10.2 Å². The normalized spacial score (nSPS) is 17.9. The van der Waals surface area contributed by atoms with Gasteiger partial charge in [-0.3, -0.25) is 10.1 Å². The van der Waals surface area contributed by atoms with Crippen LogP contribution in [0.15, 0.2) is 103 Å². The van der Waals surface area contributed by atoms with E-state index in [-0.39, 0.29) is 50.4 Å². The molecular formula is C23H14F6N4O2S2. The molecule has 1 aliphatic carbocycles. The Balaban J connectivity index is 1.60. The Bertz CT molecular complexity index is 1380. The van der Waals surface area contributed by atoms with Gasteiger partial charge >= 0.3 is 17.8 Å². The predicted octanol–water partition coefficient (Wildman–Crippen LogP) is 8.61. The maximum Gasteiger partial charge on any atom is 0.381 e. The highest BCUT2D eigenvalue weighted by atomic mass is 32.2. The molecule has 6 nitrogen and oxygen atoms in total. The number of non-ortho nitro benzene ring substituents is 1. The molecule has 0 radical (unpaired) electrons. The van der Waals surface area contributed by atoms with E-state index in [1.165, 1.54) is 72.8 Å². The van der Waals surface area contributed by atoms with E-state index in [9.17, 15) is 36.5 Å². The smallest absolute Gasteiger partial charge is 0.381 e. The van der Waals surface area contributed by atoms with Gasteiger partial charge in [0.05, 0.1) is 26.1 Å². The largest absolute Gasteiger partial charge is 0.399 e. The molecule has 0 atom stereocenters. The summed E-state index contributed by atoms with van der Waals surface area (Å²) in [7, 11) is 0. The van der Waals surface area contributed by atoms with Crippen molar-refractivity contribution < 1.29 is 31.3 Å². The molecule has 0 heterocycles. The van der Waals surface area contributed by atoms with Crippen LogP contribution in [0.5, 0.6) is 0 Å². The number of alkyl halides is 6. The van der Waals surface area contributed by atoms with Crippen molar-refractivity contribution in [1.82, 2.24) is 0 Å². The number of anilines is 1. The fourth-order valence-corrected chi connectivity index (χ4v) is 5.32. The summed E-state index contributed by atoms with van der Waals surface area (Å²) >= 11 is 0.237. The number of thioether (sulfide) groups is 2. The molecule has 0 aromatic heterocycles. The molecular weight excluding hydrogens is 542 g/mol. The average Bonchev–Trinajstić information content (AvgIpc) is 2.95. The van der Waals surface area contributed by atoms with Gasteiger partial charge in [-0.25, -0.2) is 0 Å². The van der Waals surface area contributed by atoms with Gasteiger partial charge < -0.3 is 5.73 Å². The number of azo groups is 1. The van der Waals surface area contributed by atoms with Crippen molar-refractivity contribution in [2.75, 3.05) is 5.73 Å². The van der Waals surface area contributed by atoms with Crippen LogP contribution in [0.3, 0.4) is 0 Å². The number of nitrogens with two attached hydrogens (primary N) is 1. The summed E-state index contributed by atoms with van der Waals surface area (Å²) in [6.07, 6.45) is 0. The van der Waals surface area contributed by atoms with Crippen LogP contribution in [0.1, 0.15) is 0 Å². The lowest BCUT2D eigenvalue weighted by Gasteiger charge is -2.25. The lowest BCUT2D eigenvalue weighted by atomic mass is 10.2. The van der Waals surface area contributed by atoms with E-state index in [2.05, 4.69) is 10.2 Å². The van der Waals surface area contributed by atoms with Gasteiger partial charge in [0, 0.05) is 27.6 Å². The van der Waals surface area contributed by atoms with Crippen LogP contribution in [0.25, 0.3) is 0 Å². The van der Waals surface area contributed by atoms with Crippen molar-refractivity contribution in [3.8, 4) is 0 Å². The molecule has 2 N–H and O–H groups in total. The van der Waals surface area contributed by atoms with E-state index < -0.39 is 32.5 Å². The summed E-state index contributed by atoms with van der Waals surface area (Å²) in [5.41, 5.74) is 6.22. The Morgan fingerprint density at radius 1 is 0.676 bits per heavy atom. The second kappa shape index (κ2) is 9.74. The fraction of sp³-hybridized carbons (Fsp3) is 0.130. The van der Waals surface area contributed by atoms with E-state index in [4.69, 9.17) is 5.73 Å². The third-order valence-corrected chi connectivity index (χ3v) is 7.54. The van der Waals surface area contributed by atoms with Crippen LogP contribution in [0.2, 0.25) is 0 Å². The highest BCUT2D eigenvalue weighted by Crippen LogP contribution is 2.65. The van der Waals surface area contributed by atoms with Crippen molar-refractivity contribution in [3.63, 3.8) is 0 Å². The van der Waals surface area contributed by atoms with Crippen LogP contribution in [0.4, 0.5) is 49.1 Å². The Kier molecular flexibility index (Phi) is 6.99.